The third-order valence-corrected chi connectivity index (χ3v) is 22.1. The molecule has 7 aromatic rings. The number of aryl methyl sites for hydroxylation is 11. The van der Waals surface area contributed by atoms with E-state index in [1.165, 1.54) is 39.2 Å². The lowest BCUT2D eigenvalue weighted by atomic mass is 9.80. The van der Waals surface area contributed by atoms with Crippen molar-refractivity contribution in [1.82, 2.24) is 0 Å². The molecule has 0 aliphatic carbocycles. The Hall–Kier alpha value is -10.5. The summed E-state index contributed by atoms with van der Waals surface area (Å²) in [4.78, 5) is 107. The minimum absolute atomic E-state index is 0.0182. The van der Waals surface area contributed by atoms with E-state index in [0.717, 1.165) is 104 Å². The van der Waals surface area contributed by atoms with Crippen LogP contribution in [0.25, 0.3) is 0 Å². The zero-order valence-corrected chi connectivity index (χ0v) is 66.2. The van der Waals surface area contributed by atoms with Crippen molar-refractivity contribution in [2.45, 2.75) is 150 Å². The first-order chi connectivity index (χ1) is 51.2. The average Bonchev–Trinajstić information content (AvgIpc) is 1.62. The summed E-state index contributed by atoms with van der Waals surface area (Å²) in [5, 5.41) is 14.6. The fraction of sp³-hybridized carbons (Fsp3) is 0.412. The van der Waals surface area contributed by atoms with Crippen LogP contribution >= 0.6 is 0 Å². The summed E-state index contributed by atoms with van der Waals surface area (Å²) in [6.07, 6.45) is -13.3. The summed E-state index contributed by atoms with van der Waals surface area (Å²) >= 11 is 0. The molecule has 26 heteroatoms. The topological polar surface area (TPSA) is 229 Å². The maximum atomic E-state index is 13.1. The second-order valence-electron chi connectivity index (χ2n) is 30.7. The number of rotatable bonds is 10. The number of esters is 1. The number of hydrogen-bond acceptors (Lipinski definition) is 10. The van der Waals surface area contributed by atoms with Crippen LogP contribution < -0.4 is 36.0 Å². The Kier molecular flexibility index (Phi) is 26.2. The molecule has 4 heterocycles. The molecule has 4 unspecified atom stereocenters. The van der Waals surface area contributed by atoms with Gasteiger partial charge in [-0.1, -0.05) is 100 Å². The lowest BCUT2D eigenvalue weighted by molar-refractivity contribution is -0.154. The van der Waals surface area contributed by atoms with Crippen molar-refractivity contribution in [2.24, 2.45) is 45.3 Å². The number of carboxylic acid groups (broad SMARTS) is 1. The first-order valence-electron chi connectivity index (χ1n) is 36.0. The molecule has 0 aromatic heterocycles. The maximum absolute atomic E-state index is 13.1. The van der Waals surface area contributed by atoms with Crippen LogP contribution in [-0.4, -0.2) is 85.8 Å². The number of nitrogens with one attached hydrogen (secondary N) is 2. The number of anilines is 7. The minimum atomic E-state index is -4.51. The number of aliphatic carboxylic acids is 1. The number of nitrogen functional groups attached to an aromatic ring is 1. The van der Waals surface area contributed by atoms with Crippen LogP contribution in [0.4, 0.5) is 79.3 Å². The van der Waals surface area contributed by atoms with Gasteiger partial charge in [0, 0.05) is 66.0 Å². The SMILES string of the molecule is COC(=O)C1(C)CN(c2c(C)cccc2C)C(=O)C1C.Cc1cc(N)cc(C(F)(F)F)c1.Cc1cc(NC(=O)[C@]2(C)CN(c3c(C)cccc3C)C(=O)[C@@H]2C)cc(C(F)(F)F)c1.Cc1cc(NC(=O)[C@]2(C)CN(c3c(C)cccc3C)C(=O)[C@H]2C)cc(C(F)(F)F)c1.Cc1cccc(C)c1N1CC(C)(C(=O)O)C(C)C1=O. The van der Waals surface area contributed by atoms with Crippen molar-refractivity contribution in [3.05, 3.63) is 205 Å². The number of amides is 6. The number of alkyl halides is 9. The monoisotopic (exact) mass is 1550 g/mol. The number of hydrogen-bond donors (Lipinski definition) is 4. The molecule has 111 heavy (non-hydrogen) atoms. The third-order valence-electron chi connectivity index (χ3n) is 22.1. The quantitative estimate of drug-likeness (QED) is 0.0572. The highest BCUT2D eigenvalue weighted by atomic mass is 19.4. The van der Waals surface area contributed by atoms with Gasteiger partial charge in [0.1, 0.15) is 0 Å². The molecule has 5 N–H and O–H groups in total. The van der Waals surface area contributed by atoms with Crippen LogP contribution in [-0.2, 0) is 61.6 Å². The van der Waals surface area contributed by atoms with E-state index in [2.05, 4.69) is 10.6 Å². The van der Waals surface area contributed by atoms with Crippen LogP contribution in [0.1, 0.15) is 133 Å². The Morgan fingerprint density at radius 3 is 0.874 bits per heavy atom. The highest BCUT2D eigenvalue weighted by Crippen LogP contribution is 2.47. The van der Waals surface area contributed by atoms with Crippen LogP contribution in [0, 0.1) is 121 Å². The summed E-state index contributed by atoms with van der Waals surface area (Å²) in [5.41, 5.74) is 11.6. The number of methoxy groups -OCH3 is 1. The highest BCUT2D eigenvalue weighted by molar-refractivity contribution is 6.09. The fourth-order valence-electron chi connectivity index (χ4n) is 14.7. The number of ether oxygens (including phenoxy) is 1. The molecule has 4 aliphatic rings. The second kappa shape index (κ2) is 33.2. The zero-order valence-electron chi connectivity index (χ0n) is 66.2. The molecular formula is C85H98F9N7O10. The molecule has 596 valence electrons. The number of para-hydroxylation sites is 4. The molecule has 6 amide bonds. The smallest absolute Gasteiger partial charge is 0.416 e. The zero-order chi connectivity index (χ0) is 83.7. The summed E-state index contributed by atoms with van der Waals surface area (Å²) in [6, 6.07) is 33.5. The summed E-state index contributed by atoms with van der Waals surface area (Å²) < 4.78 is 120. The van der Waals surface area contributed by atoms with Crippen molar-refractivity contribution in [3.8, 4) is 0 Å². The molecule has 4 aliphatic heterocycles. The Morgan fingerprint density at radius 1 is 0.396 bits per heavy atom. The van der Waals surface area contributed by atoms with E-state index < -0.39 is 92.4 Å². The second-order valence-corrected chi connectivity index (χ2v) is 30.7. The maximum Gasteiger partial charge on any atom is 0.416 e. The van der Waals surface area contributed by atoms with Gasteiger partial charge in [0.2, 0.25) is 35.4 Å². The van der Waals surface area contributed by atoms with Crippen LogP contribution in [0.5, 0.6) is 0 Å². The first kappa shape index (κ1) is 87.7. The largest absolute Gasteiger partial charge is 0.481 e. The molecule has 0 bridgehead atoms. The van der Waals surface area contributed by atoms with Gasteiger partial charge < -0.3 is 45.8 Å². The number of halogens is 9. The number of nitrogens with zero attached hydrogens (tertiary/aromatic N) is 4. The molecular weight excluding hydrogens is 1450 g/mol. The summed E-state index contributed by atoms with van der Waals surface area (Å²) in [5.74, 6) is -4.81. The van der Waals surface area contributed by atoms with Gasteiger partial charge in [0.15, 0.2) is 0 Å². The molecule has 0 radical (unpaired) electrons. The number of nitrogens with two attached hydrogens (primary N) is 1. The van der Waals surface area contributed by atoms with Crippen molar-refractivity contribution in [3.63, 3.8) is 0 Å². The molecule has 4 saturated heterocycles. The van der Waals surface area contributed by atoms with Crippen molar-refractivity contribution < 1.29 is 87.7 Å². The summed E-state index contributed by atoms with van der Waals surface area (Å²) in [7, 11) is 1.37. The van der Waals surface area contributed by atoms with Gasteiger partial charge in [-0.05, 0) is 220 Å². The standard InChI is InChI=1S/2C23H25F3N2O2.C16H21NO3.C15H19NO3.C8H8F3N/c2*1-13-9-17(23(24,25)26)11-18(10-13)27-21(30)22(5)12-28(20(29)16(22)4)19-14(2)7-6-8-15(19)3;1-10-7-6-8-11(2)13(10)17-9-16(4,15(19)20-5)12(3)14(17)18;1-9-6-5-7-10(2)12(9)16-8-15(4,14(18)19)11(3)13(16)17;1-5-2-6(8(9,10)11)4-7(12)3-5/h2*6-11,16H,12H2,1-5H3,(H,27,30);6-8,12H,9H2,1-5H3;5-7,11H,8H2,1-4H3,(H,18,19);2-4H,12H2,1H3/t16-,22+;16-,22-;;;/m01.../s1. The minimum Gasteiger partial charge on any atom is -0.481 e. The average molecular weight is 1550 g/mol. The third kappa shape index (κ3) is 18.6. The predicted octanol–water partition coefficient (Wildman–Crippen LogP) is 18.0. The lowest BCUT2D eigenvalue weighted by Crippen LogP contribution is -2.40. The normalized spacial score (nSPS) is 22.3. The summed E-state index contributed by atoms with van der Waals surface area (Å²) in [6.45, 7) is 34.7. The predicted molar refractivity (Wildman–Crippen MR) is 412 cm³/mol. The van der Waals surface area contributed by atoms with E-state index in [1.807, 2.05) is 128 Å². The van der Waals surface area contributed by atoms with Gasteiger partial charge in [0.25, 0.3) is 0 Å². The van der Waals surface area contributed by atoms with Gasteiger partial charge in [-0.3, -0.25) is 38.4 Å². The van der Waals surface area contributed by atoms with Crippen LogP contribution in [0.2, 0.25) is 0 Å². The Balaban J connectivity index is 0.000000199. The van der Waals surface area contributed by atoms with Gasteiger partial charge in [-0.15, -0.1) is 0 Å². The lowest BCUT2D eigenvalue weighted by Gasteiger charge is -2.27. The van der Waals surface area contributed by atoms with E-state index in [-0.39, 0.29) is 72.2 Å². The van der Waals surface area contributed by atoms with Gasteiger partial charge in [-0.2, -0.15) is 39.5 Å². The molecule has 0 saturated carbocycles. The van der Waals surface area contributed by atoms with E-state index in [1.54, 1.807) is 81.9 Å². The van der Waals surface area contributed by atoms with Gasteiger partial charge >= 0.3 is 30.5 Å². The molecule has 11 rings (SSSR count). The molecule has 4 fully saturated rings. The van der Waals surface area contributed by atoms with Gasteiger partial charge in [0.05, 0.1) is 69.1 Å². The molecule has 8 atom stereocenters. The molecule has 17 nitrogen and oxygen atoms in total. The van der Waals surface area contributed by atoms with Crippen LogP contribution in [0.15, 0.2) is 127 Å². The molecule has 7 aromatic carbocycles. The number of benzene rings is 7. The Labute approximate surface area is 642 Å². The van der Waals surface area contributed by atoms with Gasteiger partial charge in [-0.25, -0.2) is 0 Å². The van der Waals surface area contributed by atoms with Crippen molar-refractivity contribution in [2.75, 3.05) is 69.3 Å². The number of carbonyl (C=O) groups is 8. The Morgan fingerprint density at radius 2 is 0.631 bits per heavy atom. The van der Waals surface area contributed by atoms with E-state index in [9.17, 15) is 83.0 Å². The first-order valence-corrected chi connectivity index (χ1v) is 36.0. The van der Waals surface area contributed by atoms with Crippen LogP contribution in [0.3, 0.4) is 0 Å². The number of carbonyl (C=O) groups excluding carboxylic acids is 7. The molecule has 0 spiro atoms. The van der Waals surface area contributed by atoms with Crippen molar-refractivity contribution >= 4 is 87.2 Å². The van der Waals surface area contributed by atoms with E-state index >= 15 is 0 Å². The highest BCUT2D eigenvalue weighted by Gasteiger charge is 2.56. The fourth-order valence-corrected chi connectivity index (χ4v) is 14.7. The van der Waals surface area contributed by atoms with E-state index in [4.69, 9.17) is 10.5 Å². The van der Waals surface area contributed by atoms with E-state index in [0.29, 0.717) is 23.2 Å². The van der Waals surface area contributed by atoms with Crippen molar-refractivity contribution in [1.29, 1.82) is 0 Å². The Bertz CT molecular complexity index is 4500. The number of carboxylic acids is 1.